The molecule has 4 rings (SSSR count). The van der Waals surface area contributed by atoms with Crippen molar-refractivity contribution in [2.75, 3.05) is 0 Å². The SMILES string of the molecule is Cn1cc(C(=O)N(Cc2cccc([N+](=O)[O-])c2)C2CC2)c2ccccc21. The highest BCUT2D eigenvalue weighted by molar-refractivity contribution is 6.07. The Morgan fingerprint density at radius 3 is 2.73 bits per heavy atom. The van der Waals surface area contributed by atoms with E-state index < -0.39 is 4.92 Å². The number of hydrogen-bond acceptors (Lipinski definition) is 3. The van der Waals surface area contributed by atoms with Crippen molar-refractivity contribution in [2.24, 2.45) is 7.05 Å². The van der Waals surface area contributed by atoms with Crippen LogP contribution in [0.2, 0.25) is 0 Å². The summed E-state index contributed by atoms with van der Waals surface area (Å²) in [5.41, 5.74) is 2.53. The molecule has 0 aliphatic heterocycles. The molecule has 0 N–H and O–H groups in total. The van der Waals surface area contributed by atoms with Crippen LogP contribution in [0.25, 0.3) is 10.9 Å². The molecule has 26 heavy (non-hydrogen) atoms. The van der Waals surface area contributed by atoms with Gasteiger partial charge in [-0.3, -0.25) is 14.9 Å². The number of nitro benzene ring substituents is 1. The van der Waals surface area contributed by atoms with Crippen LogP contribution >= 0.6 is 0 Å². The molecule has 0 radical (unpaired) electrons. The maximum Gasteiger partial charge on any atom is 0.269 e. The molecule has 3 aromatic rings. The highest BCUT2D eigenvalue weighted by atomic mass is 16.6. The van der Waals surface area contributed by atoms with Crippen LogP contribution in [0.4, 0.5) is 5.69 Å². The lowest BCUT2D eigenvalue weighted by Crippen LogP contribution is -2.32. The Bertz CT molecular complexity index is 1000. The normalized spacial score (nSPS) is 13.7. The molecule has 132 valence electrons. The lowest BCUT2D eigenvalue weighted by molar-refractivity contribution is -0.384. The largest absolute Gasteiger partial charge is 0.350 e. The zero-order valence-corrected chi connectivity index (χ0v) is 14.5. The van der Waals surface area contributed by atoms with E-state index in [4.69, 9.17) is 0 Å². The van der Waals surface area contributed by atoms with Gasteiger partial charge in [0.05, 0.1) is 10.5 Å². The van der Waals surface area contributed by atoms with Crippen LogP contribution in [0.1, 0.15) is 28.8 Å². The number of aryl methyl sites for hydroxylation is 1. The topological polar surface area (TPSA) is 68.4 Å². The Hall–Kier alpha value is -3.15. The Morgan fingerprint density at radius 2 is 2.00 bits per heavy atom. The van der Waals surface area contributed by atoms with Crippen molar-refractivity contribution in [3.8, 4) is 0 Å². The van der Waals surface area contributed by atoms with Crippen molar-refractivity contribution in [3.05, 3.63) is 76.0 Å². The van der Waals surface area contributed by atoms with Crippen LogP contribution in [0.15, 0.2) is 54.7 Å². The molecule has 6 nitrogen and oxygen atoms in total. The fourth-order valence-corrected chi connectivity index (χ4v) is 3.38. The van der Waals surface area contributed by atoms with Gasteiger partial charge in [-0.2, -0.15) is 0 Å². The minimum absolute atomic E-state index is 0.0178. The molecule has 1 aliphatic carbocycles. The van der Waals surface area contributed by atoms with E-state index in [-0.39, 0.29) is 17.6 Å². The van der Waals surface area contributed by atoms with Gasteiger partial charge in [0.15, 0.2) is 0 Å². The van der Waals surface area contributed by atoms with Gasteiger partial charge in [-0.25, -0.2) is 0 Å². The lowest BCUT2D eigenvalue weighted by atomic mass is 10.1. The van der Waals surface area contributed by atoms with Gasteiger partial charge in [0.1, 0.15) is 0 Å². The maximum absolute atomic E-state index is 13.3. The minimum atomic E-state index is -0.405. The van der Waals surface area contributed by atoms with Crippen molar-refractivity contribution in [2.45, 2.75) is 25.4 Å². The third-order valence-corrected chi connectivity index (χ3v) is 4.85. The summed E-state index contributed by atoms with van der Waals surface area (Å²) in [6.45, 7) is 0.383. The van der Waals surface area contributed by atoms with E-state index in [1.165, 1.54) is 6.07 Å². The Morgan fingerprint density at radius 1 is 1.23 bits per heavy atom. The van der Waals surface area contributed by atoms with Gasteiger partial charge in [-0.15, -0.1) is 0 Å². The molecule has 1 heterocycles. The summed E-state index contributed by atoms with van der Waals surface area (Å²) in [6, 6.07) is 14.6. The van der Waals surface area contributed by atoms with Crippen LogP contribution in [0.5, 0.6) is 0 Å². The zero-order chi connectivity index (χ0) is 18.3. The van der Waals surface area contributed by atoms with Crippen LogP contribution in [-0.2, 0) is 13.6 Å². The maximum atomic E-state index is 13.3. The number of aromatic nitrogens is 1. The molecule has 1 fully saturated rings. The second-order valence-electron chi connectivity index (χ2n) is 6.76. The van der Waals surface area contributed by atoms with E-state index in [9.17, 15) is 14.9 Å². The molecule has 2 aromatic carbocycles. The molecular weight excluding hydrogens is 330 g/mol. The summed E-state index contributed by atoms with van der Waals surface area (Å²) in [7, 11) is 1.93. The average molecular weight is 349 g/mol. The number of nitro groups is 1. The molecule has 1 amide bonds. The third kappa shape index (κ3) is 2.94. The summed E-state index contributed by atoms with van der Waals surface area (Å²) in [4.78, 5) is 25.7. The number of nitrogens with zero attached hydrogens (tertiary/aromatic N) is 3. The van der Waals surface area contributed by atoms with E-state index >= 15 is 0 Å². The van der Waals surface area contributed by atoms with Crippen molar-refractivity contribution in [1.82, 2.24) is 9.47 Å². The summed E-state index contributed by atoms with van der Waals surface area (Å²) >= 11 is 0. The van der Waals surface area contributed by atoms with Gasteiger partial charge >= 0.3 is 0 Å². The zero-order valence-electron chi connectivity index (χ0n) is 14.5. The molecular formula is C20H19N3O3. The Balaban J connectivity index is 1.67. The van der Waals surface area contributed by atoms with Gasteiger partial charge in [0, 0.05) is 48.9 Å². The van der Waals surface area contributed by atoms with E-state index in [0.29, 0.717) is 12.1 Å². The standard InChI is InChI=1S/C20H19N3O3/c1-21-13-18(17-7-2-3-8-19(17)21)20(24)22(15-9-10-15)12-14-5-4-6-16(11-14)23(25)26/h2-8,11,13,15H,9-10,12H2,1H3. The molecule has 0 saturated heterocycles. The molecule has 0 unspecified atom stereocenters. The molecule has 1 aromatic heterocycles. The number of para-hydroxylation sites is 1. The van der Waals surface area contributed by atoms with Gasteiger partial charge in [-0.1, -0.05) is 30.3 Å². The van der Waals surface area contributed by atoms with E-state index in [0.717, 1.165) is 29.3 Å². The number of carbonyl (C=O) groups is 1. The smallest absolute Gasteiger partial charge is 0.269 e. The first-order valence-corrected chi connectivity index (χ1v) is 8.63. The third-order valence-electron chi connectivity index (χ3n) is 4.85. The summed E-state index contributed by atoms with van der Waals surface area (Å²) in [5, 5.41) is 11.9. The second kappa shape index (κ2) is 6.29. The van der Waals surface area contributed by atoms with Crippen molar-refractivity contribution in [3.63, 3.8) is 0 Å². The van der Waals surface area contributed by atoms with Gasteiger partial charge in [-0.05, 0) is 24.5 Å². The predicted molar refractivity (Wildman–Crippen MR) is 98.9 cm³/mol. The van der Waals surface area contributed by atoms with E-state index in [1.54, 1.807) is 12.1 Å². The average Bonchev–Trinajstić information content (AvgIpc) is 3.43. The summed E-state index contributed by atoms with van der Waals surface area (Å²) < 4.78 is 1.96. The minimum Gasteiger partial charge on any atom is -0.350 e. The molecule has 0 spiro atoms. The van der Waals surface area contributed by atoms with E-state index in [2.05, 4.69) is 0 Å². The van der Waals surface area contributed by atoms with Crippen LogP contribution in [0, 0.1) is 10.1 Å². The van der Waals surface area contributed by atoms with Crippen molar-refractivity contribution >= 4 is 22.5 Å². The first-order chi connectivity index (χ1) is 12.5. The van der Waals surface area contributed by atoms with Gasteiger partial charge in [0.2, 0.25) is 0 Å². The number of amides is 1. The van der Waals surface area contributed by atoms with Crippen molar-refractivity contribution < 1.29 is 9.72 Å². The number of non-ortho nitro benzene ring substituents is 1. The highest BCUT2D eigenvalue weighted by Gasteiger charge is 2.34. The van der Waals surface area contributed by atoms with Crippen LogP contribution in [-0.4, -0.2) is 26.3 Å². The lowest BCUT2D eigenvalue weighted by Gasteiger charge is -2.22. The molecule has 6 heteroatoms. The number of hydrogen-bond donors (Lipinski definition) is 0. The fraction of sp³-hybridized carbons (Fsp3) is 0.250. The summed E-state index contributed by atoms with van der Waals surface area (Å²) in [6.07, 6.45) is 3.83. The molecule has 1 aliphatic rings. The Kier molecular flexibility index (Phi) is 3.95. The van der Waals surface area contributed by atoms with Crippen molar-refractivity contribution in [1.29, 1.82) is 0 Å². The first kappa shape index (κ1) is 16.3. The number of carbonyl (C=O) groups excluding carboxylic acids is 1. The second-order valence-corrected chi connectivity index (χ2v) is 6.76. The Labute approximate surface area is 150 Å². The van der Waals surface area contributed by atoms with Crippen LogP contribution < -0.4 is 0 Å². The van der Waals surface area contributed by atoms with E-state index in [1.807, 2.05) is 53.0 Å². The molecule has 1 saturated carbocycles. The first-order valence-electron chi connectivity index (χ1n) is 8.63. The number of benzene rings is 2. The van der Waals surface area contributed by atoms with Gasteiger partial charge < -0.3 is 9.47 Å². The summed E-state index contributed by atoms with van der Waals surface area (Å²) in [5.74, 6) is -0.0178. The molecule has 0 bridgehead atoms. The fourth-order valence-electron chi connectivity index (χ4n) is 3.38. The van der Waals surface area contributed by atoms with Gasteiger partial charge in [0.25, 0.3) is 11.6 Å². The molecule has 0 atom stereocenters. The van der Waals surface area contributed by atoms with Crippen LogP contribution in [0.3, 0.4) is 0 Å². The highest BCUT2D eigenvalue weighted by Crippen LogP contribution is 2.32. The monoisotopic (exact) mass is 349 g/mol. The predicted octanol–water partition coefficient (Wildman–Crippen LogP) is 3.89. The number of fused-ring (bicyclic) bond motifs is 1. The quantitative estimate of drug-likeness (QED) is 0.518. The number of rotatable bonds is 5.